The lowest BCUT2D eigenvalue weighted by Gasteiger charge is -2.30. The largest absolute Gasteiger partial charge is 0.382 e. The fourth-order valence-corrected chi connectivity index (χ4v) is 2.63. The van der Waals surface area contributed by atoms with E-state index in [9.17, 15) is 0 Å². The molecular formula is C15H22ClNO. The van der Waals surface area contributed by atoms with E-state index in [4.69, 9.17) is 16.3 Å². The molecule has 1 aromatic rings. The van der Waals surface area contributed by atoms with Crippen LogP contribution in [0.3, 0.4) is 0 Å². The van der Waals surface area contributed by atoms with Gasteiger partial charge in [0.2, 0.25) is 0 Å². The molecule has 0 aliphatic carbocycles. The summed E-state index contributed by atoms with van der Waals surface area (Å²) in [5, 5.41) is 4.40. The van der Waals surface area contributed by atoms with Gasteiger partial charge in [0.1, 0.15) is 0 Å². The van der Waals surface area contributed by atoms with E-state index in [1.165, 1.54) is 6.42 Å². The number of hydrogen-bond donors (Lipinski definition) is 1. The number of anilines is 1. The second kappa shape index (κ2) is 6.44. The van der Waals surface area contributed by atoms with E-state index in [2.05, 4.69) is 24.4 Å². The molecule has 1 aromatic carbocycles. The van der Waals surface area contributed by atoms with Crippen LogP contribution in [0, 0.1) is 6.92 Å². The number of benzene rings is 1. The molecule has 1 N–H and O–H groups in total. The van der Waals surface area contributed by atoms with Gasteiger partial charge in [-0.15, -0.1) is 0 Å². The summed E-state index contributed by atoms with van der Waals surface area (Å²) in [6.45, 7) is 5.10. The highest BCUT2D eigenvalue weighted by molar-refractivity contribution is 6.31. The number of nitrogens with one attached hydrogen (secondary N) is 1. The Bertz CT molecular complexity index is 392. The van der Waals surface area contributed by atoms with Gasteiger partial charge in [0.25, 0.3) is 0 Å². The number of rotatable bonds is 4. The minimum absolute atomic E-state index is 0.419. The summed E-state index contributed by atoms with van der Waals surface area (Å²) in [6, 6.07) is 6.69. The molecule has 0 radical (unpaired) electrons. The summed E-state index contributed by atoms with van der Waals surface area (Å²) < 4.78 is 5.76. The lowest BCUT2D eigenvalue weighted by molar-refractivity contribution is 0.00598. The lowest BCUT2D eigenvalue weighted by Crippen LogP contribution is -2.33. The first-order valence-corrected chi connectivity index (χ1v) is 7.21. The standard InChI is InChI=1S/C15H22ClNO/c1-3-4-14-9-13(7-8-18-14)17-12-6-5-11(2)15(16)10-12/h5-6,10,13-14,17H,3-4,7-9H2,1-2H3. The molecule has 0 aromatic heterocycles. The summed E-state index contributed by atoms with van der Waals surface area (Å²) >= 11 is 6.15. The van der Waals surface area contributed by atoms with Crippen LogP contribution in [0.2, 0.25) is 5.02 Å². The van der Waals surface area contributed by atoms with Crippen molar-refractivity contribution in [3.63, 3.8) is 0 Å². The van der Waals surface area contributed by atoms with Gasteiger partial charge in [-0.2, -0.15) is 0 Å². The fraction of sp³-hybridized carbons (Fsp3) is 0.600. The van der Waals surface area contributed by atoms with Crippen LogP contribution >= 0.6 is 11.6 Å². The monoisotopic (exact) mass is 267 g/mol. The Kier molecular flexibility index (Phi) is 4.90. The Hall–Kier alpha value is -0.730. The van der Waals surface area contributed by atoms with Gasteiger partial charge in [-0.25, -0.2) is 0 Å². The molecule has 1 heterocycles. The molecule has 2 nitrogen and oxygen atoms in total. The summed E-state index contributed by atoms with van der Waals surface area (Å²) in [5.74, 6) is 0. The van der Waals surface area contributed by atoms with Crippen molar-refractivity contribution in [2.45, 2.75) is 51.7 Å². The third-order valence-corrected chi connectivity index (χ3v) is 3.93. The van der Waals surface area contributed by atoms with Gasteiger partial charge in [0, 0.05) is 23.4 Å². The molecule has 1 saturated heterocycles. The molecule has 0 bridgehead atoms. The molecule has 2 rings (SSSR count). The molecule has 0 spiro atoms. The molecule has 0 amide bonds. The number of halogens is 1. The zero-order valence-corrected chi connectivity index (χ0v) is 12.0. The van der Waals surface area contributed by atoms with Crippen LogP contribution in [0.1, 0.15) is 38.2 Å². The van der Waals surface area contributed by atoms with Crippen LogP contribution in [-0.4, -0.2) is 18.8 Å². The topological polar surface area (TPSA) is 21.3 Å². The average molecular weight is 268 g/mol. The van der Waals surface area contributed by atoms with Crippen LogP contribution in [0.5, 0.6) is 0 Å². The molecule has 3 heteroatoms. The van der Waals surface area contributed by atoms with Crippen molar-refractivity contribution in [3.05, 3.63) is 28.8 Å². The summed E-state index contributed by atoms with van der Waals surface area (Å²) in [6.07, 6.45) is 4.94. The Morgan fingerprint density at radius 2 is 2.28 bits per heavy atom. The Balaban J connectivity index is 1.93. The average Bonchev–Trinajstić information content (AvgIpc) is 2.35. The number of ether oxygens (including phenoxy) is 1. The first-order chi connectivity index (χ1) is 8.69. The summed E-state index contributed by atoms with van der Waals surface area (Å²) in [4.78, 5) is 0. The van der Waals surface area contributed by atoms with Crippen molar-refractivity contribution in [2.75, 3.05) is 11.9 Å². The Morgan fingerprint density at radius 1 is 1.44 bits per heavy atom. The molecule has 1 aliphatic rings. The fourth-order valence-electron chi connectivity index (χ4n) is 2.45. The third-order valence-electron chi connectivity index (χ3n) is 3.52. The van der Waals surface area contributed by atoms with Crippen molar-refractivity contribution >= 4 is 17.3 Å². The van der Waals surface area contributed by atoms with Gasteiger partial charge in [-0.05, 0) is 43.9 Å². The van der Waals surface area contributed by atoms with E-state index >= 15 is 0 Å². The van der Waals surface area contributed by atoms with E-state index < -0.39 is 0 Å². The minimum atomic E-state index is 0.419. The molecule has 18 heavy (non-hydrogen) atoms. The van der Waals surface area contributed by atoms with Gasteiger partial charge in [0.15, 0.2) is 0 Å². The zero-order valence-electron chi connectivity index (χ0n) is 11.2. The first kappa shape index (κ1) is 13.7. The molecule has 0 saturated carbocycles. The molecule has 1 fully saturated rings. The highest BCUT2D eigenvalue weighted by Crippen LogP contribution is 2.24. The van der Waals surface area contributed by atoms with E-state index in [1.807, 2.05) is 13.0 Å². The predicted octanol–water partition coefficient (Wildman–Crippen LogP) is 4.41. The van der Waals surface area contributed by atoms with E-state index in [1.54, 1.807) is 0 Å². The van der Waals surface area contributed by atoms with Crippen LogP contribution in [0.15, 0.2) is 18.2 Å². The maximum absolute atomic E-state index is 6.15. The van der Waals surface area contributed by atoms with E-state index in [0.717, 1.165) is 42.1 Å². The van der Waals surface area contributed by atoms with Crippen molar-refractivity contribution in [1.82, 2.24) is 0 Å². The lowest BCUT2D eigenvalue weighted by atomic mass is 10.00. The van der Waals surface area contributed by atoms with Crippen molar-refractivity contribution in [2.24, 2.45) is 0 Å². The summed E-state index contributed by atoms with van der Waals surface area (Å²) in [7, 11) is 0. The van der Waals surface area contributed by atoms with Gasteiger partial charge in [-0.3, -0.25) is 0 Å². The van der Waals surface area contributed by atoms with Crippen LogP contribution in [-0.2, 0) is 4.74 Å². The maximum atomic E-state index is 6.15. The third kappa shape index (κ3) is 3.63. The number of hydrogen-bond acceptors (Lipinski definition) is 2. The smallest absolute Gasteiger partial charge is 0.0594 e. The van der Waals surface area contributed by atoms with Gasteiger partial charge >= 0.3 is 0 Å². The van der Waals surface area contributed by atoms with E-state index in [0.29, 0.717) is 12.1 Å². The highest BCUT2D eigenvalue weighted by Gasteiger charge is 2.21. The van der Waals surface area contributed by atoms with Crippen LogP contribution < -0.4 is 5.32 Å². The maximum Gasteiger partial charge on any atom is 0.0594 e. The normalized spacial score (nSPS) is 23.9. The quantitative estimate of drug-likeness (QED) is 0.873. The van der Waals surface area contributed by atoms with Gasteiger partial charge in [0.05, 0.1) is 6.10 Å². The summed E-state index contributed by atoms with van der Waals surface area (Å²) in [5.41, 5.74) is 2.24. The van der Waals surface area contributed by atoms with Crippen LogP contribution in [0.4, 0.5) is 5.69 Å². The molecule has 1 aliphatic heterocycles. The Morgan fingerprint density at radius 3 is 3.00 bits per heavy atom. The minimum Gasteiger partial charge on any atom is -0.382 e. The number of aryl methyl sites for hydroxylation is 1. The molecule has 100 valence electrons. The first-order valence-electron chi connectivity index (χ1n) is 6.83. The SMILES string of the molecule is CCCC1CC(Nc2ccc(C)c(Cl)c2)CCO1. The van der Waals surface area contributed by atoms with Crippen LogP contribution in [0.25, 0.3) is 0 Å². The molecule has 2 unspecified atom stereocenters. The second-order valence-corrected chi connectivity index (χ2v) is 5.52. The molecular weight excluding hydrogens is 246 g/mol. The highest BCUT2D eigenvalue weighted by atomic mass is 35.5. The van der Waals surface area contributed by atoms with Crippen molar-refractivity contribution in [1.29, 1.82) is 0 Å². The van der Waals surface area contributed by atoms with Crippen molar-refractivity contribution in [3.8, 4) is 0 Å². The zero-order chi connectivity index (χ0) is 13.0. The van der Waals surface area contributed by atoms with Gasteiger partial charge in [-0.1, -0.05) is 31.0 Å². The van der Waals surface area contributed by atoms with E-state index in [-0.39, 0.29) is 0 Å². The van der Waals surface area contributed by atoms with Gasteiger partial charge < -0.3 is 10.1 Å². The second-order valence-electron chi connectivity index (χ2n) is 5.11. The predicted molar refractivity (Wildman–Crippen MR) is 77.5 cm³/mol. The van der Waals surface area contributed by atoms with Crippen molar-refractivity contribution < 1.29 is 4.74 Å². The Labute approximate surface area is 115 Å². The molecule has 2 atom stereocenters.